The number of hydrogen-bond donors (Lipinski definition) is 2. The molecule has 0 aliphatic rings. The maximum absolute atomic E-state index is 5.34. The van der Waals surface area contributed by atoms with E-state index in [9.17, 15) is 0 Å². The van der Waals surface area contributed by atoms with Crippen LogP contribution in [0.3, 0.4) is 0 Å². The van der Waals surface area contributed by atoms with Gasteiger partial charge in [0.2, 0.25) is 0 Å². The third-order valence-corrected chi connectivity index (χ3v) is 3.56. The molecular formula is C12H12N6S. The summed E-state index contributed by atoms with van der Waals surface area (Å²) in [6, 6.07) is 11.5. The van der Waals surface area contributed by atoms with Gasteiger partial charge in [0.25, 0.3) is 0 Å². The van der Waals surface area contributed by atoms with Crippen LogP contribution in [0.5, 0.6) is 0 Å². The van der Waals surface area contributed by atoms with Gasteiger partial charge in [-0.15, -0.1) is 10.2 Å². The minimum atomic E-state index is 0.657. The molecule has 0 radical (unpaired) electrons. The summed E-state index contributed by atoms with van der Waals surface area (Å²) in [4.78, 5) is 4.36. The van der Waals surface area contributed by atoms with Gasteiger partial charge in [-0.3, -0.25) is 4.40 Å². The molecular weight excluding hydrogens is 260 g/mol. The molecule has 0 fully saturated rings. The third kappa shape index (κ3) is 2.51. The Hall–Kier alpha value is -2.12. The number of anilines is 1. The summed E-state index contributed by atoms with van der Waals surface area (Å²) in [6.45, 7) is 0. The number of hydrazine groups is 1. The van der Waals surface area contributed by atoms with Crippen LogP contribution in [0.2, 0.25) is 0 Å². The maximum atomic E-state index is 5.34. The quantitative estimate of drug-likeness (QED) is 0.427. The lowest BCUT2D eigenvalue weighted by Crippen LogP contribution is -2.08. The zero-order valence-electron chi connectivity index (χ0n) is 10.0. The van der Waals surface area contributed by atoms with Crippen LogP contribution in [-0.2, 0) is 5.75 Å². The number of thioether (sulfide) groups is 1. The van der Waals surface area contributed by atoms with E-state index in [0.717, 1.165) is 16.5 Å². The van der Waals surface area contributed by atoms with Crippen molar-refractivity contribution in [2.45, 2.75) is 10.9 Å². The monoisotopic (exact) mass is 272 g/mol. The molecule has 3 N–H and O–H groups in total. The predicted molar refractivity (Wildman–Crippen MR) is 74.6 cm³/mol. The molecule has 0 aliphatic heterocycles. The lowest BCUT2D eigenvalue weighted by Gasteiger charge is -2.03. The highest BCUT2D eigenvalue weighted by molar-refractivity contribution is 7.98. The molecule has 7 heteroatoms. The molecule has 19 heavy (non-hydrogen) atoms. The molecule has 3 aromatic rings. The van der Waals surface area contributed by atoms with Crippen LogP contribution in [0.25, 0.3) is 5.65 Å². The van der Waals surface area contributed by atoms with Crippen LogP contribution in [0.4, 0.5) is 5.82 Å². The van der Waals surface area contributed by atoms with Gasteiger partial charge < -0.3 is 5.43 Å². The van der Waals surface area contributed by atoms with Gasteiger partial charge in [-0.05, 0) is 24.3 Å². The second-order valence-corrected chi connectivity index (χ2v) is 4.80. The highest BCUT2D eigenvalue weighted by Gasteiger charge is 2.06. The summed E-state index contributed by atoms with van der Waals surface area (Å²) >= 11 is 1.59. The average molecular weight is 272 g/mol. The van der Waals surface area contributed by atoms with Crippen LogP contribution >= 0.6 is 11.8 Å². The molecule has 0 amide bonds. The topological polar surface area (TPSA) is 81.1 Å². The average Bonchev–Trinajstić information content (AvgIpc) is 2.89. The largest absolute Gasteiger partial charge is 0.308 e. The Labute approximate surface area is 114 Å². The summed E-state index contributed by atoms with van der Waals surface area (Å²) in [7, 11) is 0. The second kappa shape index (κ2) is 5.25. The molecule has 96 valence electrons. The fourth-order valence-corrected chi connectivity index (χ4v) is 2.53. The number of rotatable bonds is 4. The van der Waals surface area contributed by atoms with E-state index in [1.54, 1.807) is 11.8 Å². The normalized spacial score (nSPS) is 10.8. The molecule has 6 nitrogen and oxygen atoms in total. The smallest absolute Gasteiger partial charge is 0.195 e. The van der Waals surface area contributed by atoms with Crippen molar-refractivity contribution in [3.8, 4) is 0 Å². The molecule has 0 bridgehead atoms. The first kappa shape index (κ1) is 11.9. The Kier molecular flexibility index (Phi) is 3.30. The van der Waals surface area contributed by atoms with Gasteiger partial charge in [-0.1, -0.05) is 23.9 Å². The number of nitrogens with two attached hydrogens (primary N) is 1. The zero-order valence-corrected chi connectivity index (χ0v) is 10.8. The molecule has 3 rings (SSSR count). The first-order valence-electron chi connectivity index (χ1n) is 5.72. The number of nitrogens with one attached hydrogen (secondary N) is 1. The van der Waals surface area contributed by atoms with Crippen LogP contribution in [0.15, 0.2) is 47.8 Å². The molecule has 0 saturated heterocycles. The Morgan fingerprint density at radius 2 is 2.11 bits per heavy atom. The minimum Gasteiger partial charge on any atom is -0.308 e. The van der Waals surface area contributed by atoms with E-state index in [0.29, 0.717) is 11.6 Å². The van der Waals surface area contributed by atoms with Gasteiger partial charge in [0.1, 0.15) is 5.82 Å². The van der Waals surface area contributed by atoms with Crippen molar-refractivity contribution in [2.75, 3.05) is 5.43 Å². The van der Waals surface area contributed by atoms with Crippen LogP contribution in [0.1, 0.15) is 5.69 Å². The van der Waals surface area contributed by atoms with Crippen molar-refractivity contribution < 1.29 is 0 Å². The standard InChI is InChI=1S/C12H12N6S/c13-15-10-5-3-4-9(14-10)8-19-12-17-16-11-6-1-2-7-18(11)12/h1-7H,8,13H2,(H,14,15). The number of hydrogen-bond acceptors (Lipinski definition) is 6. The lowest BCUT2D eigenvalue weighted by atomic mass is 10.4. The molecule has 0 atom stereocenters. The molecule has 0 spiro atoms. The van der Waals surface area contributed by atoms with E-state index in [4.69, 9.17) is 5.84 Å². The zero-order chi connectivity index (χ0) is 13.1. The van der Waals surface area contributed by atoms with E-state index in [1.165, 1.54) is 0 Å². The van der Waals surface area contributed by atoms with Crippen molar-refractivity contribution in [1.29, 1.82) is 0 Å². The molecule has 0 aromatic carbocycles. The number of nitrogens with zero attached hydrogens (tertiary/aromatic N) is 4. The van der Waals surface area contributed by atoms with Crippen molar-refractivity contribution in [3.63, 3.8) is 0 Å². The van der Waals surface area contributed by atoms with Crippen molar-refractivity contribution in [2.24, 2.45) is 5.84 Å². The highest BCUT2D eigenvalue weighted by atomic mass is 32.2. The number of nitrogen functional groups attached to an aromatic ring is 1. The summed E-state index contributed by atoms with van der Waals surface area (Å²) < 4.78 is 1.95. The van der Waals surface area contributed by atoms with E-state index in [-0.39, 0.29) is 0 Å². The molecule has 0 aliphatic carbocycles. The number of pyridine rings is 2. The van der Waals surface area contributed by atoms with Gasteiger partial charge in [0.15, 0.2) is 10.8 Å². The Morgan fingerprint density at radius 1 is 1.16 bits per heavy atom. The SMILES string of the molecule is NNc1cccc(CSc2nnc3ccccn23)n1. The summed E-state index contributed by atoms with van der Waals surface area (Å²) in [5, 5.41) is 9.12. The van der Waals surface area contributed by atoms with Gasteiger partial charge in [0.05, 0.1) is 5.69 Å². The van der Waals surface area contributed by atoms with Crippen molar-refractivity contribution in [3.05, 3.63) is 48.3 Å². The van der Waals surface area contributed by atoms with Gasteiger partial charge in [0, 0.05) is 11.9 Å². The second-order valence-electron chi connectivity index (χ2n) is 3.86. The Balaban J connectivity index is 1.78. The lowest BCUT2D eigenvalue weighted by molar-refractivity contribution is 0.920. The van der Waals surface area contributed by atoms with Crippen LogP contribution in [0, 0.1) is 0 Å². The molecule has 0 saturated carbocycles. The summed E-state index contributed by atoms with van der Waals surface area (Å²) in [5.74, 6) is 6.71. The first-order valence-corrected chi connectivity index (χ1v) is 6.70. The third-order valence-electron chi connectivity index (χ3n) is 2.59. The van der Waals surface area contributed by atoms with Crippen molar-refractivity contribution in [1.82, 2.24) is 19.6 Å². The highest BCUT2D eigenvalue weighted by Crippen LogP contribution is 2.21. The first-order chi connectivity index (χ1) is 9.36. The van der Waals surface area contributed by atoms with E-state index < -0.39 is 0 Å². The molecule has 3 heterocycles. The minimum absolute atomic E-state index is 0.657. The fraction of sp³-hybridized carbons (Fsp3) is 0.0833. The number of aromatic nitrogens is 4. The maximum Gasteiger partial charge on any atom is 0.195 e. The van der Waals surface area contributed by atoms with E-state index in [2.05, 4.69) is 20.6 Å². The molecule has 0 unspecified atom stereocenters. The fourth-order valence-electron chi connectivity index (χ4n) is 1.70. The summed E-state index contributed by atoms with van der Waals surface area (Å²) in [5.41, 5.74) is 4.32. The Bertz CT molecular complexity index is 695. The van der Waals surface area contributed by atoms with Crippen molar-refractivity contribution >= 4 is 23.2 Å². The van der Waals surface area contributed by atoms with E-state index in [1.807, 2.05) is 47.0 Å². The Morgan fingerprint density at radius 3 is 3.00 bits per heavy atom. The van der Waals surface area contributed by atoms with Gasteiger partial charge in [-0.2, -0.15) is 0 Å². The van der Waals surface area contributed by atoms with Crippen LogP contribution in [-0.4, -0.2) is 19.6 Å². The van der Waals surface area contributed by atoms with Gasteiger partial charge in [-0.25, -0.2) is 10.8 Å². The predicted octanol–water partition coefficient (Wildman–Crippen LogP) is 1.70. The molecule has 3 aromatic heterocycles. The summed E-state index contributed by atoms with van der Waals surface area (Å²) in [6.07, 6.45) is 1.95. The van der Waals surface area contributed by atoms with Crippen LogP contribution < -0.4 is 11.3 Å². The number of fused-ring (bicyclic) bond motifs is 1. The van der Waals surface area contributed by atoms with E-state index >= 15 is 0 Å². The van der Waals surface area contributed by atoms with Gasteiger partial charge >= 0.3 is 0 Å².